The van der Waals surface area contributed by atoms with E-state index in [0.29, 0.717) is 6.42 Å². The molecule has 1 aliphatic rings. The maximum atomic E-state index is 12.6. The molecule has 4 rings (SSSR count). The molecule has 146 valence electrons. The summed E-state index contributed by atoms with van der Waals surface area (Å²) in [6.07, 6.45) is 6.53. The van der Waals surface area contributed by atoms with Crippen LogP contribution in [0.5, 0.6) is 0 Å². The van der Waals surface area contributed by atoms with E-state index in [-0.39, 0.29) is 5.78 Å². The summed E-state index contributed by atoms with van der Waals surface area (Å²) >= 11 is 1.49. The first-order valence-corrected chi connectivity index (χ1v) is 10.5. The summed E-state index contributed by atoms with van der Waals surface area (Å²) in [4.78, 5) is 17.5. The van der Waals surface area contributed by atoms with Gasteiger partial charge in [-0.2, -0.15) is 0 Å². The molecule has 5 nitrogen and oxygen atoms in total. The van der Waals surface area contributed by atoms with Crippen molar-refractivity contribution >= 4 is 44.3 Å². The minimum absolute atomic E-state index is 0.159. The summed E-state index contributed by atoms with van der Waals surface area (Å²) in [5.41, 5.74) is 4.69. The lowest BCUT2D eigenvalue weighted by atomic mass is 10.1. The number of nitrogens with zero attached hydrogens (tertiary/aromatic N) is 2. The highest BCUT2D eigenvalue weighted by atomic mass is 32.1. The average Bonchev–Trinajstić information content (AvgIpc) is 3.31. The Morgan fingerprint density at radius 1 is 1.29 bits per heavy atom. The Hall–Kier alpha value is -2.73. The second kappa shape index (κ2) is 8.97. The molecule has 0 radical (unpaired) electrons. The molecule has 0 amide bonds. The Morgan fingerprint density at radius 2 is 2.11 bits per heavy atom. The number of benzene rings is 1. The van der Waals surface area contributed by atoms with E-state index >= 15 is 0 Å². The Labute approximate surface area is 169 Å². The van der Waals surface area contributed by atoms with Crippen molar-refractivity contribution in [3.8, 4) is 0 Å². The zero-order valence-corrected chi connectivity index (χ0v) is 17.3. The summed E-state index contributed by atoms with van der Waals surface area (Å²) in [5, 5.41) is 16.9. The van der Waals surface area contributed by atoms with Gasteiger partial charge < -0.3 is 10.5 Å². The first-order chi connectivity index (χ1) is 13.7. The molecule has 2 heterocycles. The number of Topliss-reactive ketones (excluding diaryl/α,β-unsaturated/α-hetero) is 1. The number of carbonyl (C=O) groups is 1. The molecule has 6 heteroatoms. The summed E-state index contributed by atoms with van der Waals surface area (Å²) in [5.74, 6) is 0.159. The normalized spacial score (nSPS) is 13.9. The Kier molecular flexibility index (Phi) is 6.41. The molecule has 2 aromatic heterocycles. The number of hydrogen-bond donors (Lipinski definition) is 2. The number of carbonyl (C=O) groups excluding carboxylic acids is 1. The van der Waals surface area contributed by atoms with Gasteiger partial charge in [-0.15, -0.1) is 11.3 Å². The van der Waals surface area contributed by atoms with E-state index in [2.05, 4.69) is 21.5 Å². The number of nitrogens with one attached hydrogen (secondary N) is 1. The van der Waals surface area contributed by atoms with Crippen molar-refractivity contribution in [1.82, 2.24) is 4.98 Å². The largest absolute Gasteiger partial charge is 0.411 e. The number of pyridine rings is 1. The predicted molar refractivity (Wildman–Crippen MR) is 117 cm³/mol. The third-order valence-electron chi connectivity index (χ3n) is 4.66. The molecule has 1 aliphatic carbocycles. The van der Waals surface area contributed by atoms with E-state index in [9.17, 15) is 4.79 Å². The molecule has 0 saturated heterocycles. The fraction of sp³-hybridized carbons (Fsp3) is 0.318. The molecule has 0 aliphatic heterocycles. The van der Waals surface area contributed by atoms with Crippen LogP contribution in [-0.2, 0) is 6.42 Å². The summed E-state index contributed by atoms with van der Waals surface area (Å²) < 4.78 is 1.00. The van der Waals surface area contributed by atoms with Gasteiger partial charge in [0.15, 0.2) is 5.78 Å². The SMILES string of the molecule is CC.CCCC(=O)c1sc2cnccc2c1Nc1ccc2c(c1)CC/C2=N\O. The predicted octanol–water partition coefficient (Wildman–Crippen LogP) is 6.17. The van der Waals surface area contributed by atoms with E-state index in [0.717, 1.165) is 62.4 Å². The number of rotatable bonds is 5. The minimum Gasteiger partial charge on any atom is -0.411 e. The van der Waals surface area contributed by atoms with Crippen LogP contribution in [0.2, 0.25) is 0 Å². The van der Waals surface area contributed by atoms with Crippen molar-refractivity contribution in [2.75, 3.05) is 5.32 Å². The number of oxime groups is 1. The van der Waals surface area contributed by atoms with Crippen LogP contribution >= 0.6 is 11.3 Å². The quantitative estimate of drug-likeness (QED) is 0.308. The van der Waals surface area contributed by atoms with Crippen molar-refractivity contribution < 1.29 is 10.0 Å². The van der Waals surface area contributed by atoms with Gasteiger partial charge in [-0.25, -0.2) is 0 Å². The molecule has 0 unspecified atom stereocenters. The molecule has 0 bridgehead atoms. The Morgan fingerprint density at radius 3 is 2.86 bits per heavy atom. The van der Waals surface area contributed by atoms with Crippen molar-refractivity contribution in [3.05, 3.63) is 52.7 Å². The van der Waals surface area contributed by atoms with E-state index in [4.69, 9.17) is 5.21 Å². The van der Waals surface area contributed by atoms with Crippen molar-refractivity contribution in [2.45, 2.75) is 46.5 Å². The van der Waals surface area contributed by atoms with Crippen LogP contribution in [0.15, 0.2) is 41.8 Å². The molecule has 0 spiro atoms. The highest BCUT2D eigenvalue weighted by Crippen LogP contribution is 2.38. The fourth-order valence-corrected chi connectivity index (χ4v) is 4.50. The van der Waals surface area contributed by atoms with E-state index in [1.54, 1.807) is 12.4 Å². The zero-order valence-electron chi connectivity index (χ0n) is 16.5. The third kappa shape index (κ3) is 3.78. The molecule has 28 heavy (non-hydrogen) atoms. The Balaban J connectivity index is 0.00000109. The van der Waals surface area contributed by atoms with Crippen molar-refractivity contribution in [2.24, 2.45) is 5.16 Å². The molecule has 0 atom stereocenters. The number of ketones is 1. The van der Waals surface area contributed by atoms with Gasteiger partial charge in [0.2, 0.25) is 0 Å². The van der Waals surface area contributed by atoms with E-state index in [1.807, 2.05) is 39.0 Å². The van der Waals surface area contributed by atoms with Crippen LogP contribution in [0, 0.1) is 0 Å². The maximum absolute atomic E-state index is 12.6. The van der Waals surface area contributed by atoms with Crippen LogP contribution in [-0.4, -0.2) is 21.7 Å². The monoisotopic (exact) mass is 395 g/mol. The lowest BCUT2D eigenvalue weighted by Gasteiger charge is -2.10. The van der Waals surface area contributed by atoms with Crippen molar-refractivity contribution in [3.63, 3.8) is 0 Å². The van der Waals surface area contributed by atoms with Crippen LogP contribution in [0.4, 0.5) is 11.4 Å². The van der Waals surface area contributed by atoms with E-state index < -0.39 is 0 Å². The van der Waals surface area contributed by atoms with E-state index in [1.165, 1.54) is 11.3 Å². The first-order valence-electron chi connectivity index (χ1n) is 9.72. The number of thiophene rings is 1. The maximum Gasteiger partial charge on any atom is 0.174 e. The number of fused-ring (bicyclic) bond motifs is 2. The highest BCUT2D eigenvalue weighted by molar-refractivity contribution is 7.21. The van der Waals surface area contributed by atoms with Gasteiger partial charge in [0.25, 0.3) is 0 Å². The van der Waals surface area contributed by atoms with Crippen molar-refractivity contribution in [1.29, 1.82) is 0 Å². The van der Waals surface area contributed by atoms with Gasteiger partial charge in [0.1, 0.15) is 0 Å². The molecular formula is C22H25N3O2S. The standard InChI is InChI=1S/C20H19N3O2S.C2H6/c1-2-3-17(24)20-19(15-8-9-21-11-18(15)26-20)22-13-5-6-14-12(10-13)4-7-16(14)23-25;1-2/h5-6,8-11,22,25H,2-4,7H2,1H3;1-2H3/b23-16+;. The van der Waals surface area contributed by atoms with Gasteiger partial charge in [-0.1, -0.05) is 32.0 Å². The number of aryl methyl sites for hydroxylation is 1. The van der Waals surface area contributed by atoms with Gasteiger partial charge >= 0.3 is 0 Å². The molecule has 2 N–H and O–H groups in total. The lowest BCUT2D eigenvalue weighted by Crippen LogP contribution is -2.01. The van der Waals surface area contributed by atoms with Gasteiger partial charge in [0, 0.05) is 35.5 Å². The molecular weight excluding hydrogens is 370 g/mol. The minimum atomic E-state index is 0.159. The van der Waals surface area contributed by atoms with Crippen LogP contribution in [0.25, 0.3) is 10.1 Å². The molecule has 3 aromatic rings. The fourth-order valence-electron chi connectivity index (χ4n) is 3.41. The lowest BCUT2D eigenvalue weighted by molar-refractivity contribution is 0.0986. The van der Waals surface area contributed by atoms with Crippen LogP contribution < -0.4 is 5.32 Å². The third-order valence-corrected chi connectivity index (χ3v) is 5.84. The molecule has 0 fully saturated rings. The van der Waals surface area contributed by atoms with Crippen LogP contribution in [0.3, 0.4) is 0 Å². The second-order valence-electron chi connectivity index (χ2n) is 6.39. The molecule has 0 saturated carbocycles. The highest BCUT2D eigenvalue weighted by Gasteiger charge is 2.21. The second-order valence-corrected chi connectivity index (χ2v) is 7.45. The van der Waals surface area contributed by atoms with Gasteiger partial charge in [-0.05, 0) is 43.0 Å². The topological polar surface area (TPSA) is 74.6 Å². The average molecular weight is 396 g/mol. The number of hydrogen-bond acceptors (Lipinski definition) is 6. The van der Waals surface area contributed by atoms with Gasteiger partial charge in [0.05, 0.1) is 21.0 Å². The summed E-state index contributed by atoms with van der Waals surface area (Å²) in [6.45, 7) is 6.01. The summed E-state index contributed by atoms with van der Waals surface area (Å²) in [6, 6.07) is 7.96. The summed E-state index contributed by atoms with van der Waals surface area (Å²) in [7, 11) is 0. The zero-order chi connectivity index (χ0) is 20.1. The number of anilines is 2. The molecule has 1 aromatic carbocycles. The Bertz CT molecular complexity index is 1020. The van der Waals surface area contributed by atoms with Gasteiger partial charge in [-0.3, -0.25) is 9.78 Å². The smallest absolute Gasteiger partial charge is 0.174 e. The van der Waals surface area contributed by atoms with Crippen LogP contribution in [0.1, 0.15) is 60.8 Å². The first kappa shape index (κ1) is 20.0. The number of aromatic nitrogens is 1.